The molecule has 128 valence electrons. The molecule has 3 aromatic heterocycles. The normalized spacial score (nSPS) is 20.1. The van der Waals surface area contributed by atoms with Crippen molar-refractivity contribution in [2.45, 2.75) is 12.5 Å². The topological polar surface area (TPSA) is 66.3 Å². The fraction of sp³-hybridized carbons (Fsp3) is 0.278. The molecule has 0 aromatic carbocycles. The van der Waals surface area contributed by atoms with E-state index in [0.717, 1.165) is 21.9 Å². The molecule has 1 amide bonds. The molecule has 1 saturated heterocycles. The number of β-amino-alcohol motifs (C(OH)–C–C–N with tert-alkyl or cyclic N) is 1. The van der Waals surface area contributed by atoms with Gasteiger partial charge in [-0.15, -0.1) is 22.7 Å². The summed E-state index contributed by atoms with van der Waals surface area (Å²) >= 11 is 3.09. The van der Waals surface area contributed by atoms with Gasteiger partial charge < -0.3 is 10.0 Å². The molecule has 5 nitrogen and oxygen atoms in total. The third-order valence-electron chi connectivity index (χ3n) is 4.40. The van der Waals surface area contributed by atoms with Crippen LogP contribution in [-0.2, 0) is 6.42 Å². The molecule has 1 aliphatic heterocycles. The minimum atomic E-state index is -0.507. The Morgan fingerprint density at radius 3 is 2.84 bits per heavy atom. The number of amides is 1. The number of aliphatic hydroxyl groups is 1. The molecule has 7 heteroatoms. The summed E-state index contributed by atoms with van der Waals surface area (Å²) in [6.07, 6.45) is 3.74. The zero-order valence-corrected chi connectivity index (χ0v) is 15.0. The van der Waals surface area contributed by atoms with Crippen LogP contribution in [0.5, 0.6) is 0 Å². The number of thiazole rings is 1. The summed E-state index contributed by atoms with van der Waals surface area (Å²) < 4.78 is 0. The Balaban J connectivity index is 1.45. The van der Waals surface area contributed by atoms with Gasteiger partial charge in [0.05, 0.1) is 11.0 Å². The molecular weight excluding hydrogens is 354 g/mol. The van der Waals surface area contributed by atoms with Gasteiger partial charge in [0, 0.05) is 36.8 Å². The fourth-order valence-corrected chi connectivity index (χ4v) is 4.70. The minimum absolute atomic E-state index is 0.0433. The highest BCUT2D eigenvalue weighted by molar-refractivity contribution is 7.20. The maximum atomic E-state index is 12.7. The van der Waals surface area contributed by atoms with Gasteiger partial charge in [-0.05, 0) is 35.6 Å². The summed E-state index contributed by atoms with van der Waals surface area (Å²) in [5.41, 5.74) is 1.59. The standard InChI is InChI=1S/C18H17N3O2S2/c22-15-10-21(9-13(15)8-12-3-5-19-6-4-12)18(23)14-11-25-17(20-14)16-2-1-7-24-16/h1-7,11,13,15,22H,8-10H2/t13-,15-/m1/s1. The predicted molar refractivity (Wildman–Crippen MR) is 98.8 cm³/mol. The summed E-state index contributed by atoms with van der Waals surface area (Å²) in [5, 5.41) is 15.0. The van der Waals surface area contributed by atoms with Crippen LogP contribution < -0.4 is 0 Å². The van der Waals surface area contributed by atoms with Crippen LogP contribution in [0.2, 0.25) is 0 Å². The SMILES string of the molecule is O=C(c1csc(-c2cccs2)n1)N1C[C@@H](Cc2ccncc2)[C@H](O)C1. The summed E-state index contributed by atoms with van der Waals surface area (Å²) in [6, 6.07) is 7.88. The van der Waals surface area contributed by atoms with Gasteiger partial charge in [0.15, 0.2) is 0 Å². The number of hydrogen-bond donors (Lipinski definition) is 1. The largest absolute Gasteiger partial charge is 0.391 e. The maximum Gasteiger partial charge on any atom is 0.273 e. The van der Waals surface area contributed by atoms with Gasteiger partial charge in [-0.25, -0.2) is 4.98 Å². The number of aliphatic hydroxyl groups excluding tert-OH is 1. The summed E-state index contributed by atoms with van der Waals surface area (Å²) in [6.45, 7) is 0.911. The molecule has 0 radical (unpaired) electrons. The van der Waals surface area contributed by atoms with E-state index in [2.05, 4.69) is 9.97 Å². The average molecular weight is 371 g/mol. The lowest BCUT2D eigenvalue weighted by Gasteiger charge is -2.14. The zero-order chi connectivity index (χ0) is 17.2. The lowest BCUT2D eigenvalue weighted by atomic mass is 9.97. The number of hydrogen-bond acceptors (Lipinski definition) is 6. The van der Waals surface area contributed by atoms with Gasteiger partial charge in [-0.2, -0.15) is 0 Å². The second kappa shape index (κ2) is 7.03. The number of pyridine rings is 1. The number of likely N-dealkylation sites (tertiary alicyclic amines) is 1. The fourth-order valence-electron chi connectivity index (χ4n) is 3.09. The van der Waals surface area contributed by atoms with Crippen molar-refractivity contribution in [2.24, 2.45) is 5.92 Å². The molecule has 2 atom stereocenters. The van der Waals surface area contributed by atoms with Crippen molar-refractivity contribution in [1.82, 2.24) is 14.9 Å². The van der Waals surface area contributed by atoms with E-state index in [1.807, 2.05) is 29.6 Å². The van der Waals surface area contributed by atoms with Crippen molar-refractivity contribution in [3.63, 3.8) is 0 Å². The highest BCUT2D eigenvalue weighted by Gasteiger charge is 2.35. The number of rotatable bonds is 4. The Bertz CT molecular complexity index is 848. The smallest absolute Gasteiger partial charge is 0.273 e. The van der Waals surface area contributed by atoms with E-state index in [0.29, 0.717) is 18.8 Å². The van der Waals surface area contributed by atoms with Crippen molar-refractivity contribution >= 4 is 28.6 Å². The number of aromatic nitrogens is 2. The third-order valence-corrected chi connectivity index (χ3v) is 6.28. The van der Waals surface area contributed by atoms with Crippen LogP contribution in [0.25, 0.3) is 9.88 Å². The van der Waals surface area contributed by atoms with Gasteiger partial charge in [-0.1, -0.05) is 6.07 Å². The Labute approximate surface area is 153 Å². The number of thiophene rings is 1. The number of carbonyl (C=O) groups excluding carboxylic acids is 1. The molecule has 0 aliphatic carbocycles. The van der Waals surface area contributed by atoms with E-state index in [1.54, 1.807) is 34.0 Å². The first kappa shape index (κ1) is 16.4. The molecule has 1 aliphatic rings. The van der Waals surface area contributed by atoms with Gasteiger partial charge in [0.25, 0.3) is 5.91 Å². The number of carbonyl (C=O) groups is 1. The monoisotopic (exact) mass is 371 g/mol. The molecule has 4 heterocycles. The van der Waals surface area contributed by atoms with Crippen molar-refractivity contribution in [3.05, 3.63) is 58.7 Å². The van der Waals surface area contributed by atoms with Crippen LogP contribution in [0.15, 0.2) is 47.4 Å². The second-order valence-corrected chi connectivity index (χ2v) is 7.92. The summed E-state index contributed by atoms with van der Waals surface area (Å²) in [7, 11) is 0. The lowest BCUT2D eigenvalue weighted by Crippen LogP contribution is -2.29. The lowest BCUT2D eigenvalue weighted by molar-refractivity contribution is 0.0760. The van der Waals surface area contributed by atoms with Crippen LogP contribution in [0.4, 0.5) is 0 Å². The Morgan fingerprint density at radius 1 is 1.24 bits per heavy atom. The molecule has 3 aromatic rings. The molecule has 0 unspecified atom stereocenters. The van der Waals surface area contributed by atoms with Crippen molar-refractivity contribution in [2.75, 3.05) is 13.1 Å². The van der Waals surface area contributed by atoms with E-state index < -0.39 is 6.10 Å². The van der Waals surface area contributed by atoms with Crippen LogP contribution >= 0.6 is 22.7 Å². The molecule has 0 saturated carbocycles. The Kier molecular flexibility index (Phi) is 4.61. The van der Waals surface area contributed by atoms with E-state index in [-0.39, 0.29) is 11.8 Å². The van der Waals surface area contributed by atoms with Crippen molar-refractivity contribution < 1.29 is 9.90 Å². The molecule has 0 bridgehead atoms. The summed E-state index contributed by atoms with van der Waals surface area (Å²) in [5.74, 6) is -0.0583. The quantitative estimate of drug-likeness (QED) is 0.766. The first-order valence-corrected chi connectivity index (χ1v) is 9.82. The van der Waals surface area contributed by atoms with Gasteiger partial charge in [0.1, 0.15) is 10.7 Å². The average Bonchev–Trinajstić information content (AvgIpc) is 3.36. The summed E-state index contributed by atoms with van der Waals surface area (Å²) in [4.78, 5) is 24.0. The second-order valence-electron chi connectivity index (χ2n) is 6.11. The van der Waals surface area contributed by atoms with Crippen LogP contribution in [0, 0.1) is 5.92 Å². The van der Waals surface area contributed by atoms with E-state index in [1.165, 1.54) is 11.3 Å². The van der Waals surface area contributed by atoms with Gasteiger partial charge in [0.2, 0.25) is 0 Å². The Morgan fingerprint density at radius 2 is 2.08 bits per heavy atom. The van der Waals surface area contributed by atoms with E-state index >= 15 is 0 Å². The predicted octanol–water partition coefficient (Wildman–Crippen LogP) is 2.94. The highest BCUT2D eigenvalue weighted by atomic mass is 32.1. The zero-order valence-electron chi connectivity index (χ0n) is 13.4. The van der Waals surface area contributed by atoms with Crippen LogP contribution in [-0.4, -0.2) is 45.1 Å². The van der Waals surface area contributed by atoms with Crippen molar-refractivity contribution in [1.29, 1.82) is 0 Å². The van der Waals surface area contributed by atoms with Crippen LogP contribution in [0.1, 0.15) is 16.1 Å². The Hall–Kier alpha value is -2.09. The first-order chi connectivity index (χ1) is 12.2. The highest BCUT2D eigenvalue weighted by Crippen LogP contribution is 2.29. The molecule has 1 N–H and O–H groups in total. The van der Waals surface area contributed by atoms with Crippen LogP contribution in [0.3, 0.4) is 0 Å². The van der Waals surface area contributed by atoms with E-state index in [4.69, 9.17) is 0 Å². The van der Waals surface area contributed by atoms with Gasteiger partial charge in [-0.3, -0.25) is 9.78 Å². The molecule has 0 spiro atoms. The van der Waals surface area contributed by atoms with Gasteiger partial charge >= 0.3 is 0 Å². The first-order valence-electron chi connectivity index (χ1n) is 8.06. The maximum absolute atomic E-state index is 12.7. The minimum Gasteiger partial charge on any atom is -0.391 e. The molecule has 25 heavy (non-hydrogen) atoms. The number of nitrogens with zero attached hydrogens (tertiary/aromatic N) is 3. The van der Waals surface area contributed by atoms with Crippen molar-refractivity contribution in [3.8, 4) is 9.88 Å². The molecular formula is C18H17N3O2S2. The molecule has 4 rings (SSSR count). The third kappa shape index (κ3) is 3.49. The molecule has 1 fully saturated rings. The van der Waals surface area contributed by atoms with E-state index in [9.17, 15) is 9.90 Å².